The van der Waals surface area contributed by atoms with Gasteiger partial charge in [0.05, 0.1) is 12.8 Å². The topological polar surface area (TPSA) is 61.3 Å². The van der Waals surface area contributed by atoms with Crippen LogP contribution < -0.4 is 10.2 Å². The van der Waals surface area contributed by atoms with Crippen LogP contribution in [0.3, 0.4) is 0 Å². The molecule has 0 aromatic carbocycles. The Morgan fingerprint density at radius 2 is 2.25 bits per heavy atom. The van der Waals surface area contributed by atoms with Crippen molar-refractivity contribution in [3.8, 4) is 0 Å². The monoisotopic (exact) mass is 244 g/mol. The van der Waals surface area contributed by atoms with Crippen LogP contribution in [-0.4, -0.2) is 41.8 Å². The molecule has 0 aliphatic heterocycles. The van der Waals surface area contributed by atoms with Gasteiger partial charge < -0.3 is 15.3 Å². The van der Waals surface area contributed by atoms with Crippen LogP contribution in [0.15, 0.2) is 6.20 Å². The van der Waals surface area contributed by atoms with Crippen LogP contribution in [-0.2, 0) is 0 Å². The summed E-state index contributed by atoms with van der Waals surface area (Å²) in [6.45, 7) is 3.47. The van der Waals surface area contributed by atoms with Crippen molar-refractivity contribution in [2.45, 2.75) is 13.3 Å². The number of nitrogens with one attached hydrogen (secondary N) is 1. The maximum atomic E-state index is 9.00. The van der Waals surface area contributed by atoms with E-state index >= 15 is 0 Å². The first-order valence-electron chi connectivity index (χ1n) is 5.29. The van der Waals surface area contributed by atoms with E-state index in [1.807, 2.05) is 4.90 Å². The zero-order valence-electron chi connectivity index (χ0n) is 9.57. The second kappa shape index (κ2) is 6.50. The molecule has 0 bridgehead atoms. The molecule has 0 fully saturated rings. The highest BCUT2D eigenvalue weighted by atomic mass is 35.5. The first kappa shape index (κ1) is 13.0. The molecule has 1 aromatic rings. The van der Waals surface area contributed by atoms with Crippen LogP contribution in [0.4, 0.5) is 11.8 Å². The second-order valence-electron chi connectivity index (χ2n) is 3.33. The number of aliphatic hydroxyl groups is 1. The maximum Gasteiger partial charge on any atom is 0.224 e. The molecule has 1 rings (SSSR count). The highest BCUT2D eigenvalue weighted by Crippen LogP contribution is 2.23. The summed E-state index contributed by atoms with van der Waals surface area (Å²) in [6, 6.07) is 0. The number of anilines is 2. The number of hydrogen-bond donors (Lipinski definition) is 2. The number of hydrogen-bond acceptors (Lipinski definition) is 5. The molecule has 0 saturated heterocycles. The van der Waals surface area contributed by atoms with Crippen LogP contribution in [0, 0.1) is 0 Å². The molecule has 5 nitrogen and oxygen atoms in total. The summed E-state index contributed by atoms with van der Waals surface area (Å²) in [6.07, 6.45) is 2.53. The van der Waals surface area contributed by atoms with Crippen molar-refractivity contribution in [1.82, 2.24) is 9.97 Å². The van der Waals surface area contributed by atoms with Gasteiger partial charge in [0.2, 0.25) is 5.95 Å². The standard InChI is InChI=1S/C10H17ClN4O/c1-3-4-15(5-6-16)9-8(11)7-13-10(12-2)14-9/h7,16H,3-6H2,1-2H3,(H,12,13,14). The highest BCUT2D eigenvalue weighted by molar-refractivity contribution is 6.32. The lowest BCUT2D eigenvalue weighted by Crippen LogP contribution is -2.28. The summed E-state index contributed by atoms with van der Waals surface area (Å²) in [5, 5.41) is 12.4. The molecule has 16 heavy (non-hydrogen) atoms. The van der Waals surface area contributed by atoms with E-state index in [9.17, 15) is 0 Å². The van der Waals surface area contributed by atoms with Gasteiger partial charge >= 0.3 is 0 Å². The van der Waals surface area contributed by atoms with Gasteiger partial charge in [-0.15, -0.1) is 0 Å². The van der Waals surface area contributed by atoms with E-state index in [4.69, 9.17) is 16.7 Å². The fourth-order valence-corrected chi connectivity index (χ4v) is 1.63. The van der Waals surface area contributed by atoms with Crippen molar-refractivity contribution in [3.63, 3.8) is 0 Å². The van der Waals surface area contributed by atoms with E-state index in [-0.39, 0.29) is 6.61 Å². The van der Waals surface area contributed by atoms with Gasteiger partial charge in [0.1, 0.15) is 5.02 Å². The third-order valence-electron chi connectivity index (χ3n) is 2.11. The molecular formula is C10H17ClN4O. The Morgan fingerprint density at radius 3 is 2.81 bits per heavy atom. The van der Waals surface area contributed by atoms with Crippen molar-refractivity contribution in [1.29, 1.82) is 0 Å². The number of halogens is 1. The number of nitrogens with zero attached hydrogens (tertiary/aromatic N) is 3. The molecule has 0 amide bonds. The zero-order chi connectivity index (χ0) is 12.0. The van der Waals surface area contributed by atoms with Gasteiger partial charge in [0.15, 0.2) is 5.82 Å². The molecule has 0 radical (unpaired) electrons. The van der Waals surface area contributed by atoms with Gasteiger partial charge in [-0.1, -0.05) is 18.5 Å². The lowest BCUT2D eigenvalue weighted by molar-refractivity contribution is 0.301. The van der Waals surface area contributed by atoms with Crippen molar-refractivity contribution in [2.75, 3.05) is 37.0 Å². The van der Waals surface area contributed by atoms with Gasteiger partial charge in [-0.05, 0) is 6.42 Å². The van der Waals surface area contributed by atoms with Crippen molar-refractivity contribution in [3.05, 3.63) is 11.2 Å². The molecule has 1 aromatic heterocycles. The Labute approximate surface area is 100 Å². The molecule has 6 heteroatoms. The summed E-state index contributed by atoms with van der Waals surface area (Å²) in [4.78, 5) is 10.3. The third-order valence-corrected chi connectivity index (χ3v) is 2.38. The minimum absolute atomic E-state index is 0.0786. The quantitative estimate of drug-likeness (QED) is 0.792. The molecule has 1 heterocycles. The Balaban J connectivity index is 2.96. The largest absolute Gasteiger partial charge is 0.395 e. The normalized spacial score (nSPS) is 10.2. The summed E-state index contributed by atoms with van der Waals surface area (Å²) in [5.74, 6) is 1.19. The fourth-order valence-electron chi connectivity index (χ4n) is 1.41. The minimum atomic E-state index is 0.0786. The molecule has 90 valence electrons. The molecule has 0 atom stereocenters. The van der Waals surface area contributed by atoms with E-state index in [0.29, 0.717) is 23.3 Å². The molecule has 0 aliphatic rings. The van der Waals surface area contributed by atoms with Gasteiger partial charge in [-0.2, -0.15) is 4.98 Å². The maximum absolute atomic E-state index is 9.00. The van der Waals surface area contributed by atoms with Gasteiger partial charge in [0, 0.05) is 20.1 Å². The van der Waals surface area contributed by atoms with Gasteiger partial charge in [-0.3, -0.25) is 0 Å². The molecule has 0 spiro atoms. The lowest BCUT2D eigenvalue weighted by atomic mass is 10.4. The Bertz CT molecular complexity index is 329. The van der Waals surface area contributed by atoms with Crippen LogP contribution in [0.25, 0.3) is 0 Å². The van der Waals surface area contributed by atoms with Crippen molar-refractivity contribution >= 4 is 23.4 Å². The molecule has 2 N–H and O–H groups in total. The van der Waals surface area contributed by atoms with Crippen LogP contribution >= 0.6 is 11.6 Å². The predicted molar refractivity (Wildman–Crippen MR) is 66.2 cm³/mol. The first-order chi connectivity index (χ1) is 7.72. The van der Waals surface area contributed by atoms with E-state index in [1.54, 1.807) is 13.2 Å². The summed E-state index contributed by atoms with van der Waals surface area (Å²) >= 11 is 6.04. The van der Waals surface area contributed by atoms with Crippen LogP contribution in [0.2, 0.25) is 5.02 Å². The Morgan fingerprint density at radius 1 is 1.50 bits per heavy atom. The first-order valence-corrected chi connectivity index (χ1v) is 5.66. The molecule has 0 aliphatic carbocycles. The summed E-state index contributed by atoms with van der Waals surface area (Å²) < 4.78 is 0. The van der Waals surface area contributed by atoms with E-state index < -0.39 is 0 Å². The van der Waals surface area contributed by atoms with E-state index in [2.05, 4.69) is 22.2 Å². The fraction of sp³-hybridized carbons (Fsp3) is 0.600. The molecule has 0 saturated carbocycles. The lowest BCUT2D eigenvalue weighted by Gasteiger charge is -2.23. The van der Waals surface area contributed by atoms with Crippen LogP contribution in [0.5, 0.6) is 0 Å². The van der Waals surface area contributed by atoms with Crippen LogP contribution in [0.1, 0.15) is 13.3 Å². The highest BCUT2D eigenvalue weighted by Gasteiger charge is 2.12. The third kappa shape index (κ3) is 3.21. The summed E-state index contributed by atoms with van der Waals surface area (Å²) in [5.41, 5.74) is 0. The van der Waals surface area contributed by atoms with E-state index in [1.165, 1.54) is 0 Å². The number of aromatic nitrogens is 2. The number of rotatable bonds is 6. The summed E-state index contributed by atoms with van der Waals surface area (Å²) in [7, 11) is 1.75. The SMILES string of the molecule is CCCN(CCO)c1nc(NC)ncc1Cl. The van der Waals surface area contributed by atoms with Crippen molar-refractivity contribution in [2.24, 2.45) is 0 Å². The van der Waals surface area contributed by atoms with Gasteiger partial charge in [0.25, 0.3) is 0 Å². The number of aliphatic hydroxyl groups excluding tert-OH is 1. The zero-order valence-corrected chi connectivity index (χ0v) is 10.3. The minimum Gasteiger partial charge on any atom is -0.395 e. The van der Waals surface area contributed by atoms with E-state index in [0.717, 1.165) is 13.0 Å². The van der Waals surface area contributed by atoms with Crippen molar-refractivity contribution < 1.29 is 5.11 Å². The average Bonchev–Trinajstić information content (AvgIpc) is 2.29. The smallest absolute Gasteiger partial charge is 0.224 e. The Hall–Kier alpha value is -1.07. The average molecular weight is 245 g/mol. The Kier molecular flexibility index (Phi) is 5.28. The molecular weight excluding hydrogens is 228 g/mol. The predicted octanol–water partition coefficient (Wildman–Crippen LogP) is 1.38. The second-order valence-corrected chi connectivity index (χ2v) is 3.73. The van der Waals surface area contributed by atoms with Gasteiger partial charge in [-0.25, -0.2) is 4.98 Å². The molecule has 0 unspecified atom stereocenters.